The Morgan fingerprint density at radius 3 is 2.19 bits per heavy atom. The van der Waals surface area contributed by atoms with Gasteiger partial charge in [0, 0.05) is 6.92 Å². The molecule has 0 spiro atoms. The number of hydrogen-bond acceptors (Lipinski definition) is 3. The zero-order valence-electron chi connectivity index (χ0n) is 24.1. The third-order valence-corrected chi connectivity index (χ3v) is 13.7. The minimum absolute atomic E-state index is 0.00267. The van der Waals surface area contributed by atoms with Crippen molar-refractivity contribution in [1.82, 2.24) is 0 Å². The standard InChI is InChI=1S/C32H50O4/c1-19-11-14-28(4)17-18-29(5)22(26(28)20(19)2)12-15-30(6)23(29)9-10-24-31(30,7)16-13-25(36-21(3)33)32(24,8)27(34)35/h12,19-20,23-26H,9-11,13-18H2,1-8H3,(H,34,35). The van der Waals surface area contributed by atoms with Crippen molar-refractivity contribution in [3.05, 3.63) is 11.6 Å². The summed E-state index contributed by atoms with van der Waals surface area (Å²) in [5.74, 6) is 1.59. The van der Waals surface area contributed by atoms with Gasteiger partial charge in [-0.25, -0.2) is 0 Å². The summed E-state index contributed by atoms with van der Waals surface area (Å²) in [6.45, 7) is 18.3. The van der Waals surface area contributed by atoms with Crippen LogP contribution in [0.15, 0.2) is 11.6 Å². The first-order valence-electron chi connectivity index (χ1n) is 14.8. The van der Waals surface area contributed by atoms with Crippen LogP contribution >= 0.6 is 0 Å². The van der Waals surface area contributed by atoms with E-state index in [-0.39, 0.29) is 28.1 Å². The second kappa shape index (κ2) is 8.09. The number of ether oxygens (including phenoxy) is 1. The molecule has 4 heteroatoms. The first-order chi connectivity index (χ1) is 16.6. The minimum atomic E-state index is -1.05. The number of carbonyl (C=O) groups excluding carboxylic acids is 1. The number of fused-ring (bicyclic) bond motifs is 7. The van der Waals surface area contributed by atoms with Gasteiger partial charge < -0.3 is 9.84 Å². The fourth-order valence-electron chi connectivity index (χ4n) is 11.2. The lowest BCUT2D eigenvalue weighted by Gasteiger charge is -2.71. The number of allylic oxidation sites excluding steroid dienone is 2. The summed E-state index contributed by atoms with van der Waals surface area (Å²) in [4.78, 5) is 24.8. The van der Waals surface area contributed by atoms with E-state index in [4.69, 9.17) is 4.74 Å². The molecule has 4 fully saturated rings. The van der Waals surface area contributed by atoms with E-state index >= 15 is 0 Å². The quantitative estimate of drug-likeness (QED) is 0.313. The van der Waals surface area contributed by atoms with E-state index < -0.39 is 17.5 Å². The Balaban J connectivity index is 1.57. The third-order valence-electron chi connectivity index (χ3n) is 13.7. The number of aliphatic carboxylic acids is 1. The van der Waals surface area contributed by atoms with E-state index in [1.807, 2.05) is 6.92 Å². The summed E-state index contributed by atoms with van der Waals surface area (Å²) in [6, 6.07) is 0. The molecular formula is C32H50O4. The van der Waals surface area contributed by atoms with Crippen LogP contribution < -0.4 is 0 Å². The SMILES string of the molecule is CC(=O)OC1CCC2(C)C(CCC3C4(C)CCC5(C)CCC(C)C(C)C5C4=CCC32C)C1(C)C(=O)O. The lowest BCUT2D eigenvalue weighted by molar-refractivity contribution is -0.228. The monoisotopic (exact) mass is 498 g/mol. The van der Waals surface area contributed by atoms with Crippen molar-refractivity contribution in [2.24, 2.45) is 56.7 Å². The molecule has 0 heterocycles. The molecule has 0 amide bonds. The van der Waals surface area contributed by atoms with Crippen LogP contribution in [-0.2, 0) is 14.3 Å². The number of rotatable bonds is 2. The fraction of sp³-hybridized carbons (Fsp3) is 0.875. The normalized spacial score (nSPS) is 54.2. The van der Waals surface area contributed by atoms with Gasteiger partial charge in [0.05, 0.1) is 0 Å². The van der Waals surface area contributed by atoms with Gasteiger partial charge in [-0.15, -0.1) is 0 Å². The Hall–Kier alpha value is -1.32. The highest BCUT2D eigenvalue weighted by Gasteiger charge is 2.70. The Labute approximate surface area is 219 Å². The van der Waals surface area contributed by atoms with Gasteiger partial charge in [0.1, 0.15) is 11.5 Å². The van der Waals surface area contributed by atoms with Crippen LogP contribution in [0.2, 0.25) is 0 Å². The van der Waals surface area contributed by atoms with Crippen molar-refractivity contribution in [2.75, 3.05) is 0 Å². The van der Waals surface area contributed by atoms with Gasteiger partial charge in [-0.1, -0.05) is 53.2 Å². The van der Waals surface area contributed by atoms with E-state index in [1.54, 1.807) is 5.57 Å². The summed E-state index contributed by atoms with van der Waals surface area (Å²) in [5.41, 5.74) is 1.28. The molecule has 0 aromatic rings. The Kier molecular flexibility index (Phi) is 5.91. The van der Waals surface area contributed by atoms with Crippen molar-refractivity contribution in [1.29, 1.82) is 0 Å². The molecule has 0 bridgehead atoms. The van der Waals surface area contributed by atoms with Crippen LogP contribution in [0.3, 0.4) is 0 Å². The molecule has 5 aliphatic carbocycles. The summed E-state index contributed by atoms with van der Waals surface area (Å²) in [5, 5.41) is 10.6. The topological polar surface area (TPSA) is 63.6 Å². The number of hydrogen-bond donors (Lipinski definition) is 1. The average Bonchev–Trinajstić information content (AvgIpc) is 2.79. The molecule has 11 unspecified atom stereocenters. The van der Waals surface area contributed by atoms with Crippen LogP contribution in [-0.4, -0.2) is 23.1 Å². The molecule has 0 radical (unpaired) electrons. The van der Waals surface area contributed by atoms with Crippen LogP contribution in [0.1, 0.15) is 113 Å². The van der Waals surface area contributed by atoms with Crippen molar-refractivity contribution in [2.45, 2.75) is 119 Å². The molecule has 0 saturated heterocycles. The van der Waals surface area contributed by atoms with Crippen LogP contribution in [0, 0.1) is 56.7 Å². The molecule has 1 N–H and O–H groups in total. The molecule has 11 atom stereocenters. The highest BCUT2D eigenvalue weighted by Crippen LogP contribution is 2.75. The van der Waals surface area contributed by atoms with E-state index in [2.05, 4.69) is 47.6 Å². The van der Waals surface area contributed by atoms with Gasteiger partial charge in [-0.05, 0) is 116 Å². The van der Waals surface area contributed by atoms with Crippen LogP contribution in [0.25, 0.3) is 0 Å². The van der Waals surface area contributed by atoms with E-state index in [9.17, 15) is 14.7 Å². The molecule has 4 nitrogen and oxygen atoms in total. The lowest BCUT2D eigenvalue weighted by atomic mass is 9.33. The predicted molar refractivity (Wildman–Crippen MR) is 142 cm³/mol. The maximum absolute atomic E-state index is 12.9. The molecule has 5 rings (SSSR count). The van der Waals surface area contributed by atoms with Crippen LogP contribution in [0.4, 0.5) is 0 Å². The summed E-state index contributed by atoms with van der Waals surface area (Å²) >= 11 is 0. The number of esters is 1. The zero-order chi connectivity index (χ0) is 26.5. The van der Waals surface area contributed by atoms with Crippen LogP contribution in [0.5, 0.6) is 0 Å². The number of carboxylic acid groups (broad SMARTS) is 1. The third kappa shape index (κ3) is 3.17. The molecule has 0 aromatic carbocycles. The Bertz CT molecular complexity index is 985. The molecule has 202 valence electrons. The summed E-state index contributed by atoms with van der Waals surface area (Å²) in [6.07, 6.45) is 12.0. The molecule has 36 heavy (non-hydrogen) atoms. The van der Waals surface area contributed by atoms with Gasteiger partial charge in [0.2, 0.25) is 0 Å². The molecule has 0 aliphatic heterocycles. The van der Waals surface area contributed by atoms with E-state index in [1.165, 1.54) is 32.6 Å². The minimum Gasteiger partial charge on any atom is -0.481 e. The zero-order valence-corrected chi connectivity index (χ0v) is 24.1. The summed E-state index contributed by atoms with van der Waals surface area (Å²) < 4.78 is 5.70. The van der Waals surface area contributed by atoms with Crippen molar-refractivity contribution in [3.8, 4) is 0 Å². The molecule has 4 saturated carbocycles. The predicted octanol–water partition coefficient (Wildman–Crippen LogP) is 7.66. The Morgan fingerprint density at radius 1 is 0.889 bits per heavy atom. The first kappa shape index (κ1) is 26.3. The van der Waals surface area contributed by atoms with E-state index in [0.717, 1.165) is 37.5 Å². The number of carbonyl (C=O) groups is 2. The highest BCUT2D eigenvalue weighted by molar-refractivity contribution is 5.77. The molecule has 5 aliphatic rings. The molecule has 0 aromatic heterocycles. The second-order valence-electron chi connectivity index (χ2n) is 15.0. The lowest BCUT2D eigenvalue weighted by Crippen LogP contribution is -2.67. The van der Waals surface area contributed by atoms with Gasteiger partial charge in [0.15, 0.2) is 0 Å². The van der Waals surface area contributed by atoms with Gasteiger partial charge in [-0.2, -0.15) is 0 Å². The van der Waals surface area contributed by atoms with Gasteiger partial charge >= 0.3 is 11.9 Å². The van der Waals surface area contributed by atoms with Gasteiger partial charge in [0.25, 0.3) is 0 Å². The van der Waals surface area contributed by atoms with Crippen molar-refractivity contribution in [3.63, 3.8) is 0 Å². The maximum Gasteiger partial charge on any atom is 0.313 e. The smallest absolute Gasteiger partial charge is 0.313 e. The first-order valence-corrected chi connectivity index (χ1v) is 14.8. The highest BCUT2D eigenvalue weighted by atomic mass is 16.5. The Morgan fingerprint density at radius 2 is 1.56 bits per heavy atom. The largest absolute Gasteiger partial charge is 0.481 e. The average molecular weight is 499 g/mol. The summed E-state index contributed by atoms with van der Waals surface area (Å²) in [7, 11) is 0. The maximum atomic E-state index is 12.9. The number of carboxylic acids is 1. The fourth-order valence-corrected chi connectivity index (χ4v) is 11.2. The van der Waals surface area contributed by atoms with Crippen molar-refractivity contribution >= 4 is 11.9 Å². The molecular weight excluding hydrogens is 448 g/mol. The van der Waals surface area contributed by atoms with E-state index in [0.29, 0.717) is 23.7 Å². The van der Waals surface area contributed by atoms with Gasteiger partial charge in [-0.3, -0.25) is 9.59 Å². The second-order valence-corrected chi connectivity index (χ2v) is 15.0. The van der Waals surface area contributed by atoms with Crippen molar-refractivity contribution < 1.29 is 19.4 Å².